The zero-order valence-electron chi connectivity index (χ0n) is 11.8. The largest absolute Gasteiger partial charge is 0.373 e. The molecule has 3 saturated heterocycles. The molecule has 0 radical (unpaired) electrons. The normalized spacial score (nSPS) is 33.0. The summed E-state index contributed by atoms with van der Waals surface area (Å²) >= 11 is 0. The van der Waals surface area contributed by atoms with Gasteiger partial charge in [-0.3, -0.25) is 14.6 Å². The number of anilines is 1. The van der Waals surface area contributed by atoms with Crippen LogP contribution in [-0.4, -0.2) is 29.0 Å². The Labute approximate surface area is 126 Å². The van der Waals surface area contributed by atoms with E-state index in [0.29, 0.717) is 11.2 Å². The number of hydrogen-bond donors (Lipinski definition) is 0. The maximum absolute atomic E-state index is 12.8. The van der Waals surface area contributed by atoms with Crippen molar-refractivity contribution in [3.8, 4) is 0 Å². The first kappa shape index (κ1) is 12.3. The standard InChI is InChI=1S/C17H14N2O3/c20-16-13-11-6-7-12(22-11)14(13)17(21)19(16)10-5-1-3-9-4-2-8-18-15(9)10/h1-5,8,11-14H,6-7H2. The number of amides is 2. The van der Waals surface area contributed by atoms with Crippen molar-refractivity contribution in [1.29, 1.82) is 0 Å². The molecule has 2 aromatic rings. The Morgan fingerprint density at radius 2 is 1.68 bits per heavy atom. The smallest absolute Gasteiger partial charge is 0.240 e. The van der Waals surface area contributed by atoms with Crippen molar-refractivity contribution < 1.29 is 14.3 Å². The van der Waals surface area contributed by atoms with Crippen molar-refractivity contribution in [2.24, 2.45) is 11.8 Å². The minimum absolute atomic E-state index is 0.0839. The summed E-state index contributed by atoms with van der Waals surface area (Å²) in [5, 5.41) is 0.928. The summed E-state index contributed by atoms with van der Waals surface area (Å²) in [6.45, 7) is 0. The molecular formula is C17H14N2O3. The second-order valence-electron chi connectivity index (χ2n) is 6.21. The lowest BCUT2D eigenvalue weighted by atomic mass is 9.81. The summed E-state index contributed by atoms with van der Waals surface area (Å²) in [7, 11) is 0. The van der Waals surface area contributed by atoms with Crippen molar-refractivity contribution >= 4 is 28.4 Å². The van der Waals surface area contributed by atoms with Crippen LogP contribution >= 0.6 is 0 Å². The molecule has 4 atom stereocenters. The van der Waals surface area contributed by atoms with E-state index in [0.717, 1.165) is 18.2 Å². The van der Waals surface area contributed by atoms with Gasteiger partial charge in [0.2, 0.25) is 11.8 Å². The van der Waals surface area contributed by atoms with Gasteiger partial charge in [0.1, 0.15) is 0 Å². The van der Waals surface area contributed by atoms with E-state index < -0.39 is 0 Å². The molecule has 2 bridgehead atoms. The molecule has 0 saturated carbocycles. The molecule has 0 spiro atoms. The number of rotatable bonds is 1. The Balaban J connectivity index is 1.66. The molecule has 4 unspecified atom stereocenters. The molecule has 1 aromatic carbocycles. The molecule has 110 valence electrons. The Bertz CT molecular complexity index is 785. The second kappa shape index (κ2) is 4.14. The van der Waals surface area contributed by atoms with Crippen LogP contribution in [0.4, 0.5) is 5.69 Å². The highest BCUT2D eigenvalue weighted by Gasteiger charge is 2.62. The first-order valence-electron chi connectivity index (χ1n) is 7.63. The number of fused-ring (bicyclic) bond motifs is 6. The summed E-state index contributed by atoms with van der Waals surface area (Å²) in [6, 6.07) is 9.38. The number of aromatic nitrogens is 1. The van der Waals surface area contributed by atoms with Crippen LogP contribution in [0.3, 0.4) is 0 Å². The number of para-hydroxylation sites is 1. The van der Waals surface area contributed by atoms with Crippen LogP contribution in [0.2, 0.25) is 0 Å². The van der Waals surface area contributed by atoms with E-state index >= 15 is 0 Å². The van der Waals surface area contributed by atoms with E-state index in [1.807, 2.05) is 24.3 Å². The van der Waals surface area contributed by atoms with Crippen molar-refractivity contribution in [3.63, 3.8) is 0 Å². The molecule has 3 aliphatic heterocycles. The fourth-order valence-electron chi connectivity index (χ4n) is 4.22. The van der Waals surface area contributed by atoms with Crippen molar-refractivity contribution in [2.75, 3.05) is 4.90 Å². The van der Waals surface area contributed by atoms with Crippen LogP contribution in [0, 0.1) is 11.8 Å². The highest BCUT2D eigenvalue weighted by atomic mass is 16.5. The third-order valence-corrected chi connectivity index (χ3v) is 5.14. The quantitative estimate of drug-likeness (QED) is 0.754. The van der Waals surface area contributed by atoms with Gasteiger partial charge in [0.05, 0.1) is 35.2 Å². The fraction of sp³-hybridized carbons (Fsp3) is 0.353. The van der Waals surface area contributed by atoms with Gasteiger partial charge in [-0.25, -0.2) is 4.90 Å². The Kier molecular flexibility index (Phi) is 2.31. The summed E-state index contributed by atoms with van der Waals surface area (Å²) in [4.78, 5) is 31.4. The number of hydrogen-bond acceptors (Lipinski definition) is 4. The first-order chi connectivity index (χ1) is 10.8. The highest BCUT2D eigenvalue weighted by molar-refractivity contribution is 6.25. The number of nitrogens with zero attached hydrogens (tertiary/aromatic N) is 2. The van der Waals surface area contributed by atoms with E-state index in [-0.39, 0.29) is 35.9 Å². The molecule has 22 heavy (non-hydrogen) atoms. The SMILES string of the molecule is O=C1C2C3CCC(O3)C2C(=O)N1c1cccc2cccnc12. The Hall–Kier alpha value is -2.27. The third kappa shape index (κ3) is 1.39. The third-order valence-electron chi connectivity index (χ3n) is 5.14. The molecule has 1 aromatic heterocycles. The maximum atomic E-state index is 12.8. The molecule has 0 aliphatic carbocycles. The van der Waals surface area contributed by atoms with E-state index in [2.05, 4.69) is 4.98 Å². The number of carbonyl (C=O) groups is 2. The molecular weight excluding hydrogens is 280 g/mol. The average molecular weight is 294 g/mol. The number of carbonyl (C=O) groups excluding carboxylic acids is 2. The van der Waals surface area contributed by atoms with E-state index in [4.69, 9.17) is 4.74 Å². The zero-order chi connectivity index (χ0) is 14.8. The van der Waals surface area contributed by atoms with E-state index in [1.165, 1.54) is 4.90 Å². The molecule has 4 heterocycles. The van der Waals surface area contributed by atoms with E-state index in [1.54, 1.807) is 12.3 Å². The molecule has 3 fully saturated rings. The van der Waals surface area contributed by atoms with Crippen LogP contribution in [0.5, 0.6) is 0 Å². The molecule has 5 rings (SSSR count). The van der Waals surface area contributed by atoms with Gasteiger partial charge in [-0.05, 0) is 25.0 Å². The van der Waals surface area contributed by atoms with Gasteiger partial charge in [-0.2, -0.15) is 0 Å². The maximum Gasteiger partial charge on any atom is 0.240 e. The number of imide groups is 1. The Morgan fingerprint density at radius 1 is 1.00 bits per heavy atom. The molecule has 0 N–H and O–H groups in total. The minimum atomic E-state index is -0.301. The Morgan fingerprint density at radius 3 is 2.41 bits per heavy atom. The lowest BCUT2D eigenvalue weighted by molar-refractivity contribution is -0.124. The van der Waals surface area contributed by atoms with Crippen molar-refractivity contribution in [2.45, 2.75) is 25.0 Å². The highest BCUT2D eigenvalue weighted by Crippen LogP contribution is 2.49. The summed E-state index contributed by atoms with van der Waals surface area (Å²) in [6.07, 6.45) is 3.28. The van der Waals surface area contributed by atoms with Gasteiger partial charge in [0, 0.05) is 11.6 Å². The molecule has 5 nitrogen and oxygen atoms in total. The van der Waals surface area contributed by atoms with Crippen molar-refractivity contribution in [1.82, 2.24) is 4.98 Å². The molecule has 3 aliphatic rings. The van der Waals surface area contributed by atoms with Crippen LogP contribution in [-0.2, 0) is 14.3 Å². The zero-order valence-corrected chi connectivity index (χ0v) is 11.8. The van der Waals surface area contributed by atoms with E-state index in [9.17, 15) is 9.59 Å². The lowest BCUT2D eigenvalue weighted by Gasteiger charge is -2.18. The van der Waals surface area contributed by atoms with Gasteiger partial charge < -0.3 is 4.74 Å². The van der Waals surface area contributed by atoms with Crippen LogP contribution < -0.4 is 4.90 Å². The molecule has 2 amide bonds. The fourth-order valence-corrected chi connectivity index (χ4v) is 4.22. The topological polar surface area (TPSA) is 59.5 Å². The summed E-state index contributed by atoms with van der Waals surface area (Å²) < 4.78 is 5.77. The lowest BCUT2D eigenvalue weighted by Crippen LogP contribution is -2.34. The van der Waals surface area contributed by atoms with Crippen LogP contribution in [0.15, 0.2) is 36.5 Å². The predicted octanol–water partition coefficient (Wildman–Crippen LogP) is 1.90. The number of benzene rings is 1. The monoisotopic (exact) mass is 294 g/mol. The van der Waals surface area contributed by atoms with Crippen LogP contribution in [0.1, 0.15) is 12.8 Å². The van der Waals surface area contributed by atoms with Gasteiger partial charge in [-0.1, -0.05) is 18.2 Å². The first-order valence-corrected chi connectivity index (χ1v) is 7.63. The van der Waals surface area contributed by atoms with Gasteiger partial charge >= 0.3 is 0 Å². The number of ether oxygens (including phenoxy) is 1. The minimum Gasteiger partial charge on any atom is -0.373 e. The summed E-state index contributed by atoms with van der Waals surface area (Å²) in [5.41, 5.74) is 1.29. The average Bonchev–Trinajstić information content (AvgIpc) is 3.21. The predicted molar refractivity (Wildman–Crippen MR) is 79.1 cm³/mol. The van der Waals surface area contributed by atoms with Gasteiger partial charge in [-0.15, -0.1) is 0 Å². The van der Waals surface area contributed by atoms with Crippen LogP contribution in [0.25, 0.3) is 10.9 Å². The second-order valence-corrected chi connectivity index (χ2v) is 6.21. The molecule has 5 heteroatoms. The summed E-state index contributed by atoms with van der Waals surface area (Å²) in [5.74, 6) is -0.851. The van der Waals surface area contributed by atoms with Gasteiger partial charge in [0.15, 0.2) is 0 Å². The van der Waals surface area contributed by atoms with Crippen molar-refractivity contribution in [3.05, 3.63) is 36.5 Å². The van der Waals surface area contributed by atoms with Gasteiger partial charge in [0.25, 0.3) is 0 Å². The number of pyridine rings is 1.